The van der Waals surface area contributed by atoms with Crippen molar-refractivity contribution in [2.45, 2.75) is 25.9 Å². The molecule has 122 valence electrons. The third-order valence-electron chi connectivity index (χ3n) is 5.14. The van der Waals surface area contributed by atoms with Gasteiger partial charge in [-0.15, -0.1) is 0 Å². The third kappa shape index (κ3) is 2.77. The monoisotopic (exact) mass is 312 g/mol. The van der Waals surface area contributed by atoms with Crippen LogP contribution < -0.4 is 4.90 Å². The first kappa shape index (κ1) is 14.8. The van der Waals surface area contributed by atoms with Gasteiger partial charge in [0.15, 0.2) is 5.65 Å². The molecule has 0 aromatic carbocycles. The first-order valence-electron chi connectivity index (χ1n) is 8.51. The third-order valence-corrected chi connectivity index (χ3v) is 5.14. The van der Waals surface area contributed by atoms with Crippen LogP contribution in [0.3, 0.4) is 0 Å². The highest BCUT2D eigenvalue weighted by atomic mass is 15.4. The summed E-state index contributed by atoms with van der Waals surface area (Å²) in [6, 6.07) is 5.34. The molecule has 4 heterocycles. The zero-order valence-corrected chi connectivity index (χ0v) is 13.9. The summed E-state index contributed by atoms with van der Waals surface area (Å²) in [5.74, 6) is 1.03. The molecule has 2 fully saturated rings. The summed E-state index contributed by atoms with van der Waals surface area (Å²) in [5, 5.41) is 1.05. The summed E-state index contributed by atoms with van der Waals surface area (Å²) < 4.78 is 0. The van der Waals surface area contributed by atoms with Crippen LogP contribution >= 0.6 is 0 Å². The minimum Gasteiger partial charge on any atom is -0.353 e. The number of rotatable bonds is 3. The Morgan fingerprint density at radius 2 is 1.83 bits per heavy atom. The van der Waals surface area contributed by atoms with Crippen LogP contribution in [-0.4, -0.2) is 76.1 Å². The molecule has 6 heteroatoms. The van der Waals surface area contributed by atoms with E-state index >= 15 is 0 Å². The molecule has 0 saturated carbocycles. The molecule has 0 spiro atoms. The van der Waals surface area contributed by atoms with Crippen molar-refractivity contribution in [3.05, 3.63) is 24.7 Å². The first-order valence-corrected chi connectivity index (χ1v) is 8.51. The van der Waals surface area contributed by atoms with E-state index in [0.717, 1.165) is 29.9 Å². The van der Waals surface area contributed by atoms with Gasteiger partial charge in [0.25, 0.3) is 0 Å². The Bertz CT molecular complexity index is 668. The van der Waals surface area contributed by atoms with E-state index < -0.39 is 0 Å². The Labute approximate surface area is 137 Å². The van der Waals surface area contributed by atoms with Crippen molar-refractivity contribution in [2.24, 2.45) is 0 Å². The average Bonchev–Trinajstić information content (AvgIpc) is 2.54. The molecule has 4 rings (SSSR count). The van der Waals surface area contributed by atoms with Gasteiger partial charge in [-0.05, 0) is 26.0 Å². The van der Waals surface area contributed by atoms with Gasteiger partial charge in [0.05, 0.1) is 5.39 Å². The number of hydrogen-bond donors (Lipinski definition) is 0. The molecule has 6 nitrogen and oxygen atoms in total. The SMILES string of the molecule is CC(C)N1CCN(C2CN(c3ncnc4ncccc34)C2)CC1. The Hall–Kier alpha value is -1.79. The quantitative estimate of drug-likeness (QED) is 0.850. The molecular formula is C17H24N6. The Kier molecular flexibility index (Phi) is 3.87. The second kappa shape index (κ2) is 6.02. The molecule has 2 aromatic heterocycles. The van der Waals surface area contributed by atoms with Gasteiger partial charge in [-0.1, -0.05) is 0 Å². The normalized spacial score (nSPS) is 21.1. The molecule has 0 aliphatic carbocycles. The summed E-state index contributed by atoms with van der Waals surface area (Å²) in [4.78, 5) is 20.6. The van der Waals surface area contributed by atoms with Gasteiger partial charge in [0.1, 0.15) is 12.1 Å². The summed E-state index contributed by atoms with van der Waals surface area (Å²) in [7, 11) is 0. The number of pyridine rings is 1. The number of fused-ring (bicyclic) bond motifs is 1. The van der Waals surface area contributed by atoms with Crippen molar-refractivity contribution in [1.29, 1.82) is 0 Å². The highest BCUT2D eigenvalue weighted by molar-refractivity contribution is 5.86. The maximum atomic E-state index is 4.49. The molecule has 0 radical (unpaired) electrons. The fraction of sp³-hybridized carbons (Fsp3) is 0.588. The van der Waals surface area contributed by atoms with Crippen molar-refractivity contribution in [1.82, 2.24) is 24.8 Å². The number of piperazine rings is 1. The molecule has 0 amide bonds. The standard InChI is InChI=1S/C17H24N6/c1-13(2)21-6-8-22(9-7-21)14-10-23(11-14)17-15-4-3-5-18-16(15)19-12-20-17/h3-5,12-14H,6-11H2,1-2H3. The second-order valence-electron chi connectivity index (χ2n) is 6.80. The lowest BCUT2D eigenvalue weighted by atomic mass is 10.0. The smallest absolute Gasteiger partial charge is 0.164 e. The molecule has 2 aromatic rings. The lowest BCUT2D eigenvalue weighted by Crippen LogP contribution is -2.63. The van der Waals surface area contributed by atoms with Gasteiger partial charge in [-0.25, -0.2) is 15.0 Å². The van der Waals surface area contributed by atoms with E-state index in [1.165, 1.54) is 26.2 Å². The zero-order valence-electron chi connectivity index (χ0n) is 13.9. The molecule has 0 unspecified atom stereocenters. The van der Waals surface area contributed by atoms with E-state index in [9.17, 15) is 0 Å². The molecule has 23 heavy (non-hydrogen) atoms. The molecule has 0 bridgehead atoms. The van der Waals surface area contributed by atoms with Crippen LogP contribution in [0.25, 0.3) is 11.0 Å². The summed E-state index contributed by atoms with van der Waals surface area (Å²) in [5.41, 5.74) is 0.784. The predicted octanol–water partition coefficient (Wildman–Crippen LogP) is 1.24. The van der Waals surface area contributed by atoms with Crippen LogP contribution in [0, 0.1) is 0 Å². The van der Waals surface area contributed by atoms with Crippen LogP contribution in [0.4, 0.5) is 5.82 Å². The minimum atomic E-state index is 0.658. The lowest BCUT2D eigenvalue weighted by Gasteiger charge is -2.49. The van der Waals surface area contributed by atoms with Gasteiger partial charge in [0.2, 0.25) is 0 Å². The first-order chi connectivity index (χ1) is 11.2. The molecular weight excluding hydrogens is 288 g/mol. The van der Waals surface area contributed by atoms with Gasteiger partial charge < -0.3 is 4.90 Å². The summed E-state index contributed by atoms with van der Waals surface area (Å²) >= 11 is 0. The van der Waals surface area contributed by atoms with E-state index in [2.05, 4.69) is 49.6 Å². The fourth-order valence-electron chi connectivity index (χ4n) is 3.61. The van der Waals surface area contributed by atoms with Crippen molar-refractivity contribution in [2.75, 3.05) is 44.2 Å². The largest absolute Gasteiger partial charge is 0.353 e. The molecule has 0 atom stereocenters. The van der Waals surface area contributed by atoms with Crippen LogP contribution in [0.1, 0.15) is 13.8 Å². The molecule has 2 saturated heterocycles. The van der Waals surface area contributed by atoms with E-state index in [-0.39, 0.29) is 0 Å². The maximum Gasteiger partial charge on any atom is 0.164 e. The number of nitrogens with zero attached hydrogens (tertiary/aromatic N) is 6. The number of anilines is 1. The zero-order chi connectivity index (χ0) is 15.8. The van der Waals surface area contributed by atoms with Crippen molar-refractivity contribution in [3.8, 4) is 0 Å². The van der Waals surface area contributed by atoms with E-state index in [1.54, 1.807) is 12.5 Å². The van der Waals surface area contributed by atoms with E-state index in [4.69, 9.17) is 0 Å². The van der Waals surface area contributed by atoms with Crippen LogP contribution in [-0.2, 0) is 0 Å². The fourth-order valence-corrected chi connectivity index (χ4v) is 3.61. The highest BCUT2D eigenvalue weighted by Crippen LogP contribution is 2.27. The Morgan fingerprint density at radius 1 is 1.04 bits per heavy atom. The highest BCUT2D eigenvalue weighted by Gasteiger charge is 2.35. The molecule has 2 aliphatic heterocycles. The number of hydrogen-bond acceptors (Lipinski definition) is 6. The summed E-state index contributed by atoms with van der Waals surface area (Å²) in [6.45, 7) is 11.4. The Morgan fingerprint density at radius 3 is 2.57 bits per heavy atom. The van der Waals surface area contributed by atoms with Gasteiger partial charge in [-0.3, -0.25) is 9.80 Å². The maximum absolute atomic E-state index is 4.49. The van der Waals surface area contributed by atoms with Crippen LogP contribution in [0.2, 0.25) is 0 Å². The second-order valence-corrected chi connectivity index (χ2v) is 6.80. The van der Waals surface area contributed by atoms with Gasteiger partial charge in [0, 0.05) is 57.5 Å². The van der Waals surface area contributed by atoms with Crippen molar-refractivity contribution < 1.29 is 0 Å². The lowest BCUT2D eigenvalue weighted by molar-refractivity contribution is 0.0677. The molecule has 2 aliphatic rings. The van der Waals surface area contributed by atoms with E-state index in [1.807, 2.05) is 6.07 Å². The predicted molar refractivity (Wildman–Crippen MR) is 91.6 cm³/mol. The van der Waals surface area contributed by atoms with Crippen molar-refractivity contribution in [3.63, 3.8) is 0 Å². The topological polar surface area (TPSA) is 48.4 Å². The summed E-state index contributed by atoms with van der Waals surface area (Å²) in [6.07, 6.45) is 3.41. The van der Waals surface area contributed by atoms with Gasteiger partial charge in [-0.2, -0.15) is 0 Å². The average molecular weight is 312 g/mol. The van der Waals surface area contributed by atoms with E-state index in [0.29, 0.717) is 12.1 Å². The number of aromatic nitrogens is 3. The van der Waals surface area contributed by atoms with Gasteiger partial charge >= 0.3 is 0 Å². The van der Waals surface area contributed by atoms with Crippen LogP contribution in [0.15, 0.2) is 24.7 Å². The minimum absolute atomic E-state index is 0.658. The molecule has 0 N–H and O–H groups in total. The van der Waals surface area contributed by atoms with Crippen LogP contribution in [0.5, 0.6) is 0 Å². The Balaban J connectivity index is 1.40. The van der Waals surface area contributed by atoms with Crippen molar-refractivity contribution >= 4 is 16.9 Å².